The Kier molecular flexibility index (Phi) is 4.17. The monoisotopic (exact) mass is 342 g/mol. The lowest BCUT2D eigenvalue weighted by molar-refractivity contribution is -0.234. The molecule has 5 rings (SSSR count). The van der Waals surface area contributed by atoms with Gasteiger partial charge in [0.25, 0.3) is 0 Å². The molecule has 25 heavy (non-hydrogen) atoms. The van der Waals surface area contributed by atoms with Crippen molar-refractivity contribution in [2.45, 2.75) is 63.6 Å². The van der Waals surface area contributed by atoms with Crippen LogP contribution in [0, 0.1) is 17.3 Å². The Labute approximate surface area is 151 Å². The summed E-state index contributed by atoms with van der Waals surface area (Å²) in [6, 6.07) is 8.16. The summed E-state index contributed by atoms with van der Waals surface area (Å²) in [5.41, 5.74) is 7.29. The molecule has 4 nitrogen and oxygen atoms in total. The fourth-order valence-electron chi connectivity index (χ4n) is 5.33. The molecule has 0 spiro atoms. The number of hydrogen-bond acceptors (Lipinski definition) is 4. The van der Waals surface area contributed by atoms with Crippen molar-refractivity contribution in [3.05, 3.63) is 29.8 Å². The third-order valence-corrected chi connectivity index (χ3v) is 7.18. The molecule has 3 aliphatic carbocycles. The minimum absolute atomic E-state index is 0.176. The second kappa shape index (κ2) is 6.00. The summed E-state index contributed by atoms with van der Waals surface area (Å²) in [7, 11) is 1.76. The molecule has 0 amide bonds. The highest BCUT2D eigenvalue weighted by Crippen LogP contribution is 2.63. The van der Waals surface area contributed by atoms with Crippen molar-refractivity contribution in [1.29, 1.82) is 0 Å². The first-order valence-electron chi connectivity index (χ1n) is 9.49. The first kappa shape index (κ1) is 17.4. The molecule has 1 aliphatic heterocycles. The standard InChI is InChI=1S/C20H29BNO3/c1-19(2)13-9-16(19)20(3,17(23)10-13)25-21-18(22)8-12-11-24-15-7-5-4-6-14(12)15/h4-7,12-13,16-18,23H,8-11,22H2,1-3H3/t12?,13-,16-,17+,18-,20-/m0/s1. The number of para-hydroxylation sites is 1. The third kappa shape index (κ3) is 2.72. The van der Waals surface area contributed by atoms with Crippen LogP contribution in [0.25, 0.3) is 0 Å². The van der Waals surface area contributed by atoms with Gasteiger partial charge in [-0.05, 0) is 49.5 Å². The second-order valence-electron chi connectivity index (χ2n) is 8.94. The lowest BCUT2D eigenvalue weighted by Crippen LogP contribution is -2.68. The average Bonchev–Trinajstić information content (AvgIpc) is 2.98. The molecular formula is C20H29BNO3. The van der Waals surface area contributed by atoms with Crippen molar-refractivity contribution in [3.8, 4) is 5.75 Å². The molecule has 2 bridgehead atoms. The van der Waals surface area contributed by atoms with Crippen molar-refractivity contribution in [1.82, 2.24) is 0 Å². The molecule has 3 fully saturated rings. The highest BCUT2D eigenvalue weighted by molar-refractivity contribution is 6.29. The fourth-order valence-corrected chi connectivity index (χ4v) is 5.33. The number of hydrogen-bond donors (Lipinski definition) is 2. The Morgan fingerprint density at radius 2 is 2.08 bits per heavy atom. The molecule has 1 unspecified atom stereocenters. The molecule has 1 aromatic rings. The molecule has 0 saturated heterocycles. The number of ether oxygens (including phenoxy) is 1. The summed E-state index contributed by atoms with van der Waals surface area (Å²) in [4.78, 5) is 0. The van der Waals surface area contributed by atoms with E-state index in [1.165, 1.54) is 5.56 Å². The SMILES string of the molecule is CC1(C)[C@@H]2C[C@@H](O)[C@@](C)(O[B][C@@H](N)CC3COc4ccccc43)[C@H]1C2. The molecule has 5 heteroatoms. The smallest absolute Gasteiger partial charge is 0.311 e. The molecule has 1 heterocycles. The van der Waals surface area contributed by atoms with Crippen molar-refractivity contribution in [2.75, 3.05) is 6.61 Å². The molecule has 1 radical (unpaired) electrons. The molecule has 4 aliphatic rings. The van der Waals surface area contributed by atoms with E-state index in [-0.39, 0.29) is 11.4 Å². The van der Waals surface area contributed by atoms with E-state index in [0.717, 1.165) is 25.0 Å². The molecule has 6 atom stereocenters. The van der Waals surface area contributed by atoms with Gasteiger partial charge in [0.1, 0.15) is 5.75 Å². The van der Waals surface area contributed by atoms with Crippen LogP contribution in [0.3, 0.4) is 0 Å². The zero-order valence-electron chi connectivity index (χ0n) is 15.4. The maximum absolute atomic E-state index is 10.6. The van der Waals surface area contributed by atoms with Crippen molar-refractivity contribution in [2.24, 2.45) is 23.0 Å². The van der Waals surface area contributed by atoms with Crippen LogP contribution >= 0.6 is 0 Å². The first-order chi connectivity index (χ1) is 11.8. The van der Waals surface area contributed by atoms with Crippen LogP contribution in [-0.4, -0.2) is 36.8 Å². The maximum atomic E-state index is 10.6. The summed E-state index contributed by atoms with van der Waals surface area (Å²) in [5.74, 6) is 2.10. The van der Waals surface area contributed by atoms with Crippen molar-refractivity contribution in [3.63, 3.8) is 0 Å². The number of rotatable bonds is 5. The van der Waals surface area contributed by atoms with Crippen LogP contribution in [0.4, 0.5) is 0 Å². The highest BCUT2D eigenvalue weighted by atomic mass is 16.5. The van der Waals surface area contributed by atoms with E-state index in [1.807, 2.05) is 18.2 Å². The van der Waals surface area contributed by atoms with Gasteiger partial charge in [-0.2, -0.15) is 0 Å². The van der Waals surface area contributed by atoms with E-state index < -0.39 is 11.7 Å². The lowest BCUT2D eigenvalue weighted by atomic mass is 9.43. The van der Waals surface area contributed by atoms with Gasteiger partial charge < -0.3 is 20.2 Å². The fraction of sp³-hybridized carbons (Fsp3) is 0.700. The highest BCUT2D eigenvalue weighted by Gasteiger charge is 2.63. The Morgan fingerprint density at radius 3 is 2.84 bits per heavy atom. The predicted octanol–water partition coefficient (Wildman–Crippen LogP) is 2.66. The van der Waals surface area contributed by atoms with E-state index in [2.05, 4.69) is 26.8 Å². The minimum Gasteiger partial charge on any atom is -0.493 e. The Morgan fingerprint density at radius 1 is 1.32 bits per heavy atom. The molecular weight excluding hydrogens is 313 g/mol. The van der Waals surface area contributed by atoms with E-state index >= 15 is 0 Å². The van der Waals surface area contributed by atoms with Crippen LogP contribution < -0.4 is 10.5 Å². The van der Waals surface area contributed by atoms with Gasteiger partial charge in [-0.3, -0.25) is 0 Å². The average molecular weight is 342 g/mol. The van der Waals surface area contributed by atoms with Crippen LogP contribution in [0.1, 0.15) is 51.5 Å². The number of benzene rings is 1. The van der Waals surface area contributed by atoms with Gasteiger partial charge in [-0.25, -0.2) is 0 Å². The molecule has 3 saturated carbocycles. The van der Waals surface area contributed by atoms with Gasteiger partial charge in [0.15, 0.2) is 0 Å². The molecule has 1 aromatic carbocycles. The summed E-state index contributed by atoms with van der Waals surface area (Å²) in [5, 5.41) is 10.6. The number of fused-ring (bicyclic) bond motifs is 3. The summed E-state index contributed by atoms with van der Waals surface area (Å²) in [6.07, 6.45) is 2.35. The minimum atomic E-state index is -0.528. The first-order valence-corrected chi connectivity index (χ1v) is 9.49. The van der Waals surface area contributed by atoms with Gasteiger partial charge in [0, 0.05) is 17.4 Å². The zero-order valence-corrected chi connectivity index (χ0v) is 15.4. The quantitative estimate of drug-likeness (QED) is 0.808. The zero-order chi connectivity index (χ0) is 17.8. The van der Waals surface area contributed by atoms with Crippen molar-refractivity contribution < 1.29 is 14.5 Å². The van der Waals surface area contributed by atoms with E-state index in [4.69, 9.17) is 15.1 Å². The summed E-state index contributed by atoms with van der Waals surface area (Å²) < 4.78 is 11.9. The van der Waals surface area contributed by atoms with Crippen LogP contribution in [0.5, 0.6) is 5.75 Å². The van der Waals surface area contributed by atoms with Gasteiger partial charge in [0.05, 0.1) is 18.3 Å². The summed E-state index contributed by atoms with van der Waals surface area (Å²) >= 11 is 0. The number of aliphatic hydroxyl groups excluding tert-OH is 1. The normalized spacial score (nSPS) is 39.1. The number of aliphatic hydroxyl groups is 1. The van der Waals surface area contributed by atoms with Gasteiger partial charge in [-0.15, -0.1) is 0 Å². The molecule has 135 valence electrons. The Hall–Kier alpha value is -1.04. The largest absolute Gasteiger partial charge is 0.493 e. The van der Waals surface area contributed by atoms with Crippen molar-refractivity contribution >= 4 is 7.48 Å². The number of nitrogens with two attached hydrogens (primary N) is 1. The maximum Gasteiger partial charge on any atom is 0.311 e. The topological polar surface area (TPSA) is 64.7 Å². The van der Waals surface area contributed by atoms with Gasteiger partial charge in [-0.1, -0.05) is 32.0 Å². The molecule has 3 N–H and O–H groups in total. The Bertz CT molecular complexity index is 652. The second-order valence-corrected chi connectivity index (χ2v) is 8.94. The van der Waals surface area contributed by atoms with Crippen LogP contribution in [-0.2, 0) is 4.65 Å². The van der Waals surface area contributed by atoms with Crippen LogP contribution in [0.15, 0.2) is 24.3 Å². The Balaban J connectivity index is 1.37. The lowest BCUT2D eigenvalue weighted by Gasteiger charge is -2.66. The van der Waals surface area contributed by atoms with E-state index in [1.54, 1.807) is 7.48 Å². The summed E-state index contributed by atoms with van der Waals surface area (Å²) in [6.45, 7) is 7.33. The predicted molar refractivity (Wildman–Crippen MR) is 98.5 cm³/mol. The van der Waals surface area contributed by atoms with E-state index in [0.29, 0.717) is 24.4 Å². The van der Waals surface area contributed by atoms with Gasteiger partial charge >= 0.3 is 7.48 Å². The van der Waals surface area contributed by atoms with Gasteiger partial charge in [0.2, 0.25) is 0 Å². The third-order valence-electron chi connectivity index (χ3n) is 7.18. The van der Waals surface area contributed by atoms with E-state index in [9.17, 15) is 5.11 Å². The molecule has 0 aromatic heterocycles. The van der Waals surface area contributed by atoms with Crippen LogP contribution in [0.2, 0.25) is 0 Å².